The molecule has 1 heterocycles. The van der Waals surface area contributed by atoms with E-state index in [9.17, 15) is 9.90 Å². The molecule has 0 aromatic heterocycles. The normalized spacial score (nSPS) is 19.9. The average Bonchev–Trinajstić information content (AvgIpc) is 2.41. The van der Waals surface area contributed by atoms with Crippen molar-refractivity contribution in [2.24, 2.45) is 0 Å². The second-order valence-electron chi connectivity index (χ2n) is 4.99. The summed E-state index contributed by atoms with van der Waals surface area (Å²) >= 11 is 12.0. The van der Waals surface area contributed by atoms with E-state index in [-0.39, 0.29) is 12.0 Å². The van der Waals surface area contributed by atoms with Gasteiger partial charge in [-0.25, -0.2) is 0 Å². The number of nitrogens with zero attached hydrogens (tertiary/aromatic N) is 1. The Bertz CT molecular complexity index is 462. The summed E-state index contributed by atoms with van der Waals surface area (Å²) in [4.78, 5) is 14.0. The van der Waals surface area contributed by atoms with E-state index in [0.717, 1.165) is 19.4 Å². The van der Waals surface area contributed by atoms with Gasteiger partial charge in [0.25, 0.3) is 0 Å². The molecule has 1 fully saturated rings. The summed E-state index contributed by atoms with van der Waals surface area (Å²) in [5.74, 6) is -0.125. The predicted molar refractivity (Wildman–Crippen MR) is 81.4 cm³/mol. The second-order valence-corrected chi connectivity index (χ2v) is 5.81. The third-order valence-electron chi connectivity index (χ3n) is 3.36. The molecular formula is C14H18Cl2N2O2. The van der Waals surface area contributed by atoms with Gasteiger partial charge in [-0.05, 0) is 31.5 Å². The Balaban J connectivity index is 1.83. The van der Waals surface area contributed by atoms with Crippen LogP contribution in [0.5, 0.6) is 0 Å². The molecule has 1 unspecified atom stereocenters. The number of carbonyl (C=O) groups is 1. The molecule has 1 amide bonds. The first kappa shape index (κ1) is 15.6. The number of hydrogen-bond acceptors (Lipinski definition) is 3. The van der Waals surface area contributed by atoms with Crippen molar-refractivity contribution in [2.45, 2.75) is 25.4 Å². The number of β-amino-alcohol motifs (C(OH)–C–C–N with tert-alkyl or cyclic N) is 1. The van der Waals surface area contributed by atoms with Crippen LogP contribution < -0.4 is 5.32 Å². The number of piperidine rings is 1. The highest BCUT2D eigenvalue weighted by atomic mass is 35.5. The van der Waals surface area contributed by atoms with Crippen molar-refractivity contribution in [1.82, 2.24) is 4.90 Å². The lowest BCUT2D eigenvalue weighted by atomic mass is 10.1. The van der Waals surface area contributed by atoms with Crippen LogP contribution in [0.25, 0.3) is 0 Å². The molecule has 1 aromatic rings. The van der Waals surface area contributed by atoms with E-state index in [2.05, 4.69) is 10.2 Å². The number of rotatable bonds is 4. The Morgan fingerprint density at radius 3 is 2.75 bits per heavy atom. The SMILES string of the molecule is O=C(CCN1CCCC(O)C1)Nc1c(Cl)cccc1Cl. The van der Waals surface area contributed by atoms with Crippen molar-refractivity contribution in [3.63, 3.8) is 0 Å². The van der Waals surface area contributed by atoms with Gasteiger partial charge in [0.1, 0.15) is 0 Å². The van der Waals surface area contributed by atoms with Crippen LogP contribution in [-0.4, -0.2) is 41.7 Å². The van der Waals surface area contributed by atoms with Crippen LogP contribution in [0.3, 0.4) is 0 Å². The van der Waals surface area contributed by atoms with Crippen molar-refractivity contribution in [3.8, 4) is 0 Å². The number of halogens is 2. The van der Waals surface area contributed by atoms with Crippen molar-refractivity contribution in [1.29, 1.82) is 0 Å². The van der Waals surface area contributed by atoms with Gasteiger partial charge in [0, 0.05) is 19.5 Å². The predicted octanol–water partition coefficient (Wildman–Crippen LogP) is 2.78. The first-order valence-electron chi connectivity index (χ1n) is 6.70. The average molecular weight is 317 g/mol. The topological polar surface area (TPSA) is 52.6 Å². The Kier molecular flexibility index (Phi) is 5.66. The molecule has 1 aliphatic heterocycles. The number of hydrogen-bond donors (Lipinski definition) is 2. The molecule has 6 heteroatoms. The van der Waals surface area contributed by atoms with Gasteiger partial charge in [-0.2, -0.15) is 0 Å². The Morgan fingerprint density at radius 2 is 2.10 bits per heavy atom. The fourth-order valence-electron chi connectivity index (χ4n) is 2.31. The fourth-order valence-corrected chi connectivity index (χ4v) is 2.80. The fraction of sp³-hybridized carbons (Fsp3) is 0.500. The quantitative estimate of drug-likeness (QED) is 0.898. The number of nitrogens with one attached hydrogen (secondary N) is 1. The van der Waals surface area contributed by atoms with E-state index < -0.39 is 0 Å². The van der Waals surface area contributed by atoms with E-state index in [0.29, 0.717) is 35.2 Å². The summed E-state index contributed by atoms with van der Waals surface area (Å²) in [5, 5.41) is 13.2. The molecule has 2 N–H and O–H groups in total. The number of benzene rings is 1. The third kappa shape index (κ3) is 4.35. The van der Waals surface area contributed by atoms with Crippen molar-refractivity contribution in [3.05, 3.63) is 28.2 Å². The number of aliphatic hydroxyl groups excluding tert-OH is 1. The van der Waals surface area contributed by atoms with Crippen LogP contribution in [0, 0.1) is 0 Å². The maximum atomic E-state index is 11.9. The summed E-state index contributed by atoms with van der Waals surface area (Å²) in [6.07, 6.45) is 1.90. The minimum Gasteiger partial charge on any atom is -0.392 e. The Labute approximate surface area is 128 Å². The molecule has 2 rings (SSSR count). The van der Waals surface area contributed by atoms with Gasteiger partial charge < -0.3 is 15.3 Å². The van der Waals surface area contributed by atoms with Crippen molar-refractivity contribution >= 4 is 34.8 Å². The zero-order valence-corrected chi connectivity index (χ0v) is 12.6. The molecule has 20 heavy (non-hydrogen) atoms. The monoisotopic (exact) mass is 316 g/mol. The van der Waals surface area contributed by atoms with Crippen LogP contribution in [-0.2, 0) is 4.79 Å². The van der Waals surface area contributed by atoms with Crippen molar-refractivity contribution in [2.75, 3.05) is 25.0 Å². The molecule has 0 aliphatic carbocycles. The number of para-hydroxylation sites is 1. The molecule has 110 valence electrons. The van der Waals surface area contributed by atoms with Gasteiger partial charge in [0.15, 0.2) is 0 Å². The smallest absolute Gasteiger partial charge is 0.225 e. The molecule has 1 aliphatic rings. The lowest BCUT2D eigenvalue weighted by molar-refractivity contribution is -0.116. The van der Waals surface area contributed by atoms with E-state index in [1.54, 1.807) is 18.2 Å². The number of carbonyl (C=O) groups excluding carboxylic acids is 1. The van der Waals surface area contributed by atoms with E-state index in [4.69, 9.17) is 23.2 Å². The highest BCUT2D eigenvalue weighted by Gasteiger charge is 2.18. The summed E-state index contributed by atoms with van der Waals surface area (Å²) < 4.78 is 0. The number of anilines is 1. The Hall–Kier alpha value is -0.810. The van der Waals surface area contributed by atoms with Gasteiger partial charge in [-0.1, -0.05) is 29.3 Å². The minimum atomic E-state index is -0.273. The highest BCUT2D eigenvalue weighted by molar-refractivity contribution is 6.39. The van der Waals surface area contributed by atoms with Crippen LogP contribution in [0.1, 0.15) is 19.3 Å². The maximum absolute atomic E-state index is 11.9. The zero-order valence-electron chi connectivity index (χ0n) is 11.1. The lowest BCUT2D eigenvalue weighted by Gasteiger charge is -2.29. The van der Waals surface area contributed by atoms with Gasteiger partial charge >= 0.3 is 0 Å². The van der Waals surface area contributed by atoms with E-state index >= 15 is 0 Å². The molecule has 0 saturated carbocycles. The molecule has 1 saturated heterocycles. The van der Waals surface area contributed by atoms with Crippen molar-refractivity contribution < 1.29 is 9.90 Å². The Morgan fingerprint density at radius 1 is 1.40 bits per heavy atom. The second kappa shape index (κ2) is 7.27. The van der Waals surface area contributed by atoms with E-state index in [1.165, 1.54) is 0 Å². The lowest BCUT2D eigenvalue weighted by Crippen LogP contribution is -2.39. The zero-order chi connectivity index (χ0) is 14.5. The molecule has 1 atom stereocenters. The molecular weight excluding hydrogens is 299 g/mol. The molecule has 1 aromatic carbocycles. The molecule has 0 spiro atoms. The number of amides is 1. The number of aliphatic hydroxyl groups is 1. The standard InChI is InChI=1S/C14H18Cl2N2O2/c15-11-4-1-5-12(16)14(11)17-13(20)6-8-18-7-2-3-10(19)9-18/h1,4-5,10,19H,2-3,6-9H2,(H,17,20). The van der Waals surface area contributed by atoms with Gasteiger partial charge in [0.2, 0.25) is 5.91 Å². The molecule has 0 bridgehead atoms. The number of likely N-dealkylation sites (tertiary alicyclic amines) is 1. The van der Waals surface area contributed by atoms with Gasteiger partial charge in [0.05, 0.1) is 21.8 Å². The first-order valence-corrected chi connectivity index (χ1v) is 7.46. The summed E-state index contributed by atoms with van der Waals surface area (Å²) in [5.41, 5.74) is 0.458. The van der Waals surface area contributed by atoms with Gasteiger partial charge in [-0.15, -0.1) is 0 Å². The minimum absolute atomic E-state index is 0.125. The van der Waals surface area contributed by atoms with Crippen LogP contribution in [0.2, 0.25) is 10.0 Å². The summed E-state index contributed by atoms with van der Waals surface area (Å²) in [7, 11) is 0. The summed E-state index contributed by atoms with van der Waals surface area (Å²) in [6, 6.07) is 5.10. The van der Waals surface area contributed by atoms with Crippen LogP contribution >= 0.6 is 23.2 Å². The van der Waals surface area contributed by atoms with E-state index in [1.807, 2.05) is 0 Å². The van der Waals surface area contributed by atoms with Crippen LogP contribution in [0.4, 0.5) is 5.69 Å². The molecule has 0 radical (unpaired) electrons. The van der Waals surface area contributed by atoms with Crippen LogP contribution in [0.15, 0.2) is 18.2 Å². The summed E-state index contributed by atoms with van der Waals surface area (Å²) in [6.45, 7) is 2.20. The molecule has 4 nitrogen and oxygen atoms in total. The van der Waals surface area contributed by atoms with Gasteiger partial charge in [-0.3, -0.25) is 4.79 Å². The third-order valence-corrected chi connectivity index (χ3v) is 3.99. The maximum Gasteiger partial charge on any atom is 0.225 e. The highest BCUT2D eigenvalue weighted by Crippen LogP contribution is 2.29. The first-order chi connectivity index (χ1) is 9.56. The largest absolute Gasteiger partial charge is 0.392 e.